The molecule has 0 aliphatic heterocycles. The first-order chi connectivity index (χ1) is 10.6. The molecule has 0 unspecified atom stereocenters. The fourth-order valence-corrected chi connectivity index (χ4v) is 1.76. The second-order valence-electron chi connectivity index (χ2n) is 4.50. The zero-order valence-corrected chi connectivity index (χ0v) is 11.6. The van der Waals surface area contributed by atoms with Gasteiger partial charge in [0, 0.05) is 11.6 Å². The van der Waals surface area contributed by atoms with Crippen LogP contribution in [0.1, 0.15) is 11.1 Å². The monoisotopic (exact) mass is 298 g/mol. The number of aliphatic carboxylic acids is 1. The van der Waals surface area contributed by atoms with Gasteiger partial charge in [-0.3, -0.25) is 4.79 Å². The predicted molar refractivity (Wildman–Crippen MR) is 80.5 cm³/mol. The highest BCUT2D eigenvalue weighted by Gasteiger charge is 2.11. The van der Waals surface area contributed by atoms with Gasteiger partial charge in [-0.1, -0.05) is 42.5 Å². The summed E-state index contributed by atoms with van der Waals surface area (Å²) >= 11 is 0. The van der Waals surface area contributed by atoms with Gasteiger partial charge in [0.2, 0.25) is 0 Å². The molecule has 0 fully saturated rings. The first kappa shape index (κ1) is 15.3. The first-order valence-electron chi connectivity index (χ1n) is 6.51. The Bertz CT molecular complexity index is 704. The van der Waals surface area contributed by atoms with Crippen molar-refractivity contribution in [3.8, 4) is 5.75 Å². The van der Waals surface area contributed by atoms with Crippen LogP contribution in [0, 0.1) is 0 Å². The van der Waals surface area contributed by atoms with Crippen molar-refractivity contribution in [2.24, 2.45) is 0 Å². The maximum Gasteiger partial charge on any atom is 0.376 e. The molecular weight excluding hydrogens is 284 g/mol. The average Bonchev–Trinajstić information content (AvgIpc) is 2.54. The third-order valence-corrected chi connectivity index (χ3v) is 2.86. The lowest BCUT2D eigenvalue weighted by molar-refractivity contribution is -0.146. The predicted octanol–water partition coefficient (Wildman–Crippen LogP) is 2.82. The van der Waals surface area contributed by atoms with Crippen LogP contribution in [0.15, 0.2) is 60.7 Å². The topological polar surface area (TPSA) is 83.8 Å². The van der Waals surface area contributed by atoms with Gasteiger partial charge < -0.3 is 14.9 Å². The summed E-state index contributed by atoms with van der Waals surface area (Å²) < 4.78 is 5.60. The van der Waals surface area contributed by atoms with E-state index in [2.05, 4.69) is 0 Å². The second kappa shape index (κ2) is 7.08. The maximum atomic E-state index is 11.1. The molecule has 0 spiro atoms. The maximum absolute atomic E-state index is 11.1. The Morgan fingerprint density at radius 3 is 2.41 bits per heavy atom. The van der Waals surface area contributed by atoms with Crippen LogP contribution in [-0.4, -0.2) is 22.0 Å². The number of carbonyl (C=O) groups excluding carboxylic acids is 1. The lowest BCUT2D eigenvalue weighted by Crippen LogP contribution is -2.09. The number of carboxylic acid groups (broad SMARTS) is 1. The van der Waals surface area contributed by atoms with Crippen LogP contribution in [0.4, 0.5) is 0 Å². The molecule has 0 saturated heterocycles. The van der Waals surface area contributed by atoms with Crippen molar-refractivity contribution < 1.29 is 24.5 Å². The number of carbonyl (C=O) groups is 2. The van der Waals surface area contributed by atoms with Crippen LogP contribution in [0.2, 0.25) is 0 Å². The van der Waals surface area contributed by atoms with Crippen molar-refractivity contribution in [1.82, 2.24) is 0 Å². The largest absolute Gasteiger partial charge is 0.507 e. The van der Waals surface area contributed by atoms with Gasteiger partial charge >= 0.3 is 5.97 Å². The van der Waals surface area contributed by atoms with E-state index in [1.807, 2.05) is 30.3 Å². The average molecular weight is 298 g/mol. The molecule has 0 heterocycles. The van der Waals surface area contributed by atoms with Crippen molar-refractivity contribution in [3.63, 3.8) is 0 Å². The number of rotatable bonds is 6. The minimum Gasteiger partial charge on any atom is -0.507 e. The number of aliphatic hydroxyl groups excluding tert-OH is 1. The highest BCUT2D eigenvalue weighted by Crippen LogP contribution is 2.19. The molecule has 2 aromatic rings. The van der Waals surface area contributed by atoms with Gasteiger partial charge in [0.05, 0.1) is 0 Å². The van der Waals surface area contributed by atoms with Crippen LogP contribution < -0.4 is 4.74 Å². The zero-order valence-electron chi connectivity index (χ0n) is 11.6. The van der Waals surface area contributed by atoms with Crippen LogP contribution in [0.3, 0.4) is 0 Å². The Morgan fingerprint density at radius 1 is 1.00 bits per heavy atom. The van der Waals surface area contributed by atoms with E-state index in [0.29, 0.717) is 24.0 Å². The summed E-state index contributed by atoms with van der Waals surface area (Å²) in [4.78, 5) is 21.5. The summed E-state index contributed by atoms with van der Waals surface area (Å²) in [5.41, 5.74) is 1.30. The fourth-order valence-electron chi connectivity index (χ4n) is 1.76. The van der Waals surface area contributed by atoms with E-state index in [0.717, 1.165) is 5.56 Å². The quantitative estimate of drug-likeness (QED) is 0.486. The highest BCUT2D eigenvalue weighted by atomic mass is 16.5. The molecular formula is C17H14O5. The molecule has 0 aliphatic carbocycles. The number of aliphatic hydroxyl groups is 1. The first-order valence-corrected chi connectivity index (χ1v) is 6.51. The standard InChI is InChI=1S/C17H14O5/c18-15(10-16(19)17(20)21)13-7-4-8-14(9-13)22-11-12-5-2-1-3-6-12/h1-10,18H,11H2,(H,20,21). The Kier molecular flexibility index (Phi) is 4.93. The highest BCUT2D eigenvalue weighted by molar-refractivity contribution is 6.38. The Balaban J connectivity index is 2.10. The Hall–Kier alpha value is -3.08. The van der Waals surface area contributed by atoms with E-state index < -0.39 is 17.5 Å². The van der Waals surface area contributed by atoms with Crippen molar-refractivity contribution in [1.29, 1.82) is 0 Å². The van der Waals surface area contributed by atoms with Crippen LogP contribution >= 0.6 is 0 Å². The van der Waals surface area contributed by atoms with Crippen molar-refractivity contribution >= 4 is 17.5 Å². The zero-order chi connectivity index (χ0) is 15.9. The van der Waals surface area contributed by atoms with Gasteiger partial charge in [-0.15, -0.1) is 0 Å². The summed E-state index contributed by atoms with van der Waals surface area (Å²) in [6.07, 6.45) is 0.665. The molecule has 5 heteroatoms. The number of benzene rings is 2. The van der Waals surface area contributed by atoms with Crippen LogP contribution in [0.5, 0.6) is 5.75 Å². The molecule has 0 aromatic heterocycles. The van der Waals surface area contributed by atoms with Crippen LogP contribution in [-0.2, 0) is 16.2 Å². The summed E-state index contributed by atoms with van der Waals surface area (Å²) in [6, 6.07) is 16.0. The Labute approximate surface area is 127 Å². The third kappa shape index (κ3) is 4.21. The molecule has 2 rings (SSSR count). The van der Waals surface area contributed by atoms with Gasteiger partial charge in [0.1, 0.15) is 18.1 Å². The normalized spacial score (nSPS) is 11.0. The smallest absolute Gasteiger partial charge is 0.376 e. The summed E-state index contributed by atoms with van der Waals surface area (Å²) in [5, 5.41) is 18.3. The molecule has 112 valence electrons. The van der Waals surface area contributed by atoms with Crippen molar-refractivity contribution in [2.45, 2.75) is 6.61 Å². The minimum atomic E-state index is -1.62. The molecule has 0 atom stereocenters. The molecule has 0 radical (unpaired) electrons. The minimum absolute atomic E-state index is 0.306. The summed E-state index contributed by atoms with van der Waals surface area (Å²) in [7, 11) is 0. The Morgan fingerprint density at radius 2 is 1.73 bits per heavy atom. The number of hydrogen-bond donors (Lipinski definition) is 2. The van der Waals surface area contributed by atoms with E-state index in [4.69, 9.17) is 9.84 Å². The molecule has 0 bridgehead atoms. The molecule has 2 aromatic carbocycles. The van der Waals surface area contributed by atoms with Gasteiger partial charge in [-0.2, -0.15) is 0 Å². The van der Waals surface area contributed by atoms with Gasteiger partial charge in [0.15, 0.2) is 0 Å². The molecule has 0 saturated carbocycles. The fraction of sp³-hybridized carbons (Fsp3) is 0.0588. The van der Waals surface area contributed by atoms with E-state index in [1.165, 1.54) is 6.07 Å². The SMILES string of the molecule is O=C(O)C(=O)C=C(O)c1cccc(OCc2ccccc2)c1. The second-order valence-corrected chi connectivity index (χ2v) is 4.50. The third-order valence-electron chi connectivity index (χ3n) is 2.86. The lowest BCUT2D eigenvalue weighted by atomic mass is 10.1. The molecule has 22 heavy (non-hydrogen) atoms. The summed E-state index contributed by atoms with van der Waals surface area (Å²) in [5.74, 6) is -2.72. The van der Waals surface area contributed by atoms with Crippen molar-refractivity contribution in [2.75, 3.05) is 0 Å². The lowest BCUT2D eigenvalue weighted by Gasteiger charge is -2.08. The van der Waals surface area contributed by atoms with E-state index >= 15 is 0 Å². The van der Waals surface area contributed by atoms with E-state index in [9.17, 15) is 14.7 Å². The van der Waals surface area contributed by atoms with Crippen LogP contribution in [0.25, 0.3) is 5.76 Å². The number of ketones is 1. The van der Waals surface area contributed by atoms with Gasteiger partial charge in [-0.25, -0.2) is 4.79 Å². The summed E-state index contributed by atoms with van der Waals surface area (Å²) in [6.45, 7) is 0.364. The molecule has 5 nitrogen and oxygen atoms in total. The van der Waals surface area contributed by atoms with Gasteiger partial charge in [0.25, 0.3) is 5.78 Å². The van der Waals surface area contributed by atoms with E-state index in [1.54, 1.807) is 18.2 Å². The number of carboxylic acids is 1. The van der Waals surface area contributed by atoms with E-state index in [-0.39, 0.29) is 0 Å². The van der Waals surface area contributed by atoms with Crippen molar-refractivity contribution in [3.05, 3.63) is 71.8 Å². The molecule has 2 N–H and O–H groups in total. The molecule has 0 aliphatic rings. The van der Waals surface area contributed by atoms with Gasteiger partial charge in [-0.05, 0) is 17.7 Å². The molecule has 0 amide bonds. The number of hydrogen-bond acceptors (Lipinski definition) is 4. The number of ether oxygens (including phenoxy) is 1.